The van der Waals surface area contributed by atoms with E-state index in [2.05, 4.69) is 20.3 Å². The number of rotatable bonds is 5. The fourth-order valence-corrected chi connectivity index (χ4v) is 3.38. The molecule has 0 aliphatic carbocycles. The maximum Gasteiger partial charge on any atom is 0.274 e. The maximum absolute atomic E-state index is 12.9. The molecule has 0 radical (unpaired) electrons. The zero-order valence-corrected chi connectivity index (χ0v) is 16.3. The third kappa shape index (κ3) is 4.60. The lowest BCUT2D eigenvalue weighted by Gasteiger charge is -2.31. The van der Waals surface area contributed by atoms with Crippen LogP contribution in [0.1, 0.15) is 23.3 Å². The van der Waals surface area contributed by atoms with Gasteiger partial charge in [0.05, 0.1) is 24.0 Å². The summed E-state index contributed by atoms with van der Waals surface area (Å²) in [6.45, 7) is 0.937. The van der Waals surface area contributed by atoms with E-state index in [1.807, 2.05) is 12.1 Å². The maximum atomic E-state index is 12.9. The van der Waals surface area contributed by atoms with Crippen LogP contribution in [0.15, 0.2) is 67.4 Å². The summed E-state index contributed by atoms with van der Waals surface area (Å²) in [4.78, 5) is 39.3. The number of likely N-dealkylation sites (tertiary alicyclic amines) is 1. The van der Waals surface area contributed by atoms with Gasteiger partial charge in [0.2, 0.25) is 5.91 Å². The molecule has 8 nitrogen and oxygen atoms in total. The molecular formula is C22H21N5O3. The van der Waals surface area contributed by atoms with Gasteiger partial charge in [0.25, 0.3) is 5.91 Å². The average Bonchev–Trinajstić information content (AvgIpc) is 2.81. The summed E-state index contributed by atoms with van der Waals surface area (Å²) in [6.07, 6.45) is 9.18. The van der Waals surface area contributed by atoms with E-state index < -0.39 is 0 Å². The predicted molar refractivity (Wildman–Crippen MR) is 110 cm³/mol. The summed E-state index contributed by atoms with van der Waals surface area (Å²) in [5.74, 6) is 0.445. The van der Waals surface area contributed by atoms with E-state index in [-0.39, 0.29) is 23.4 Å². The molecule has 0 bridgehead atoms. The van der Waals surface area contributed by atoms with Crippen molar-refractivity contribution in [2.75, 3.05) is 18.4 Å². The number of anilines is 1. The Kier molecular flexibility index (Phi) is 5.93. The van der Waals surface area contributed by atoms with Crippen molar-refractivity contribution < 1.29 is 14.3 Å². The van der Waals surface area contributed by atoms with Gasteiger partial charge in [-0.1, -0.05) is 12.1 Å². The topological polar surface area (TPSA) is 97.3 Å². The molecule has 0 unspecified atom stereocenters. The lowest BCUT2D eigenvalue weighted by molar-refractivity contribution is -0.121. The average molecular weight is 403 g/mol. The molecular weight excluding hydrogens is 382 g/mol. The minimum absolute atomic E-state index is 0.145. The molecule has 1 saturated heterocycles. The van der Waals surface area contributed by atoms with Gasteiger partial charge in [-0.15, -0.1) is 0 Å². The number of carbonyl (C=O) groups is 2. The highest BCUT2D eigenvalue weighted by atomic mass is 16.5. The number of piperidine rings is 1. The lowest BCUT2D eigenvalue weighted by Crippen LogP contribution is -2.44. The first-order valence-electron chi connectivity index (χ1n) is 9.74. The minimum atomic E-state index is -0.314. The molecule has 3 aromatic rings. The smallest absolute Gasteiger partial charge is 0.274 e. The van der Waals surface area contributed by atoms with Gasteiger partial charge in [0.15, 0.2) is 5.75 Å². The number of pyridine rings is 1. The van der Waals surface area contributed by atoms with Crippen molar-refractivity contribution in [1.29, 1.82) is 0 Å². The Bertz CT molecular complexity index is 1010. The number of ether oxygens (including phenoxy) is 1. The second-order valence-corrected chi connectivity index (χ2v) is 6.96. The van der Waals surface area contributed by atoms with E-state index in [0.29, 0.717) is 36.7 Å². The molecule has 1 fully saturated rings. The fraction of sp³-hybridized carbons (Fsp3) is 0.227. The monoisotopic (exact) mass is 403 g/mol. The molecule has 1 aliphatic rings. The summed E-state index contributed by atoms with van der Waals surface area (Å²) in [5, 5.41) is 2.95. The van der Waals surface area contributed by atoms with Gasteiger partial charge in [-0.05, 0) is 37.1 Å². The number of nitrogens with one attached hydrogen (secondary N) is 1. The van der Waals surface area contributed by atoms with E-state index in [9.17, 15) is 9.59 Å². The lowest BCUT2D eigenvalue weighted by atomic mass is 9.96. The fourth-order valence-electron chi connectivity index (χ4n) is 3.38. The van der Waals surface area contributed by atoms with Crippen LogP contribution in [0.2, 0.25) is 0 Å². The molecule has 4 rings (SSSR count). The Hall–Kier alpha value is -3.81. The van der Waals surface area contributed by atoms with Crippen LogP contribution in [0.5, 0.6) is 11.5 Å². The second kappa shape index (κ2) is 9.13. The summed E-state index contributed by atoms with van der Waals surface area (Å²) in [6, 6.07) is 10.8. The first kappa shape index (κ1) is 19.5. The number of hydrogen-bond donors (Lipinski definition) is 1. The Balaban J connectivity index is 1.43. The zero-order valence-electron chi connectivity index (χ0n) is 16.3. The first-order chi connectivity index (χ1) is 14.7. The SMILES string of the molecule is O=C(Nc1ccccc1Oc1cccnc1)[C@@H]1CCCN(C(=O)c2cnccn2)C1. The Morgan fingerprint density at radius 2 is 1.90 bits per heavy atom. The van der Waals surface area contributed by atoms with Gasteiger partial charge in [-0.2, -0.15) is 0 Å². The number of para-hydroxylation sites is 2. The van der Waals surface area contributed by atoms with E-state index >= 15 is 0 Å². The third-order valence-electron chi connectivity index (χ3n) is 4.87. The molecule has 1 aromatic carbocycles. The van der Waals surface area contributed by atoms with E-state index in [4.69, 9.17) is 4.74 Å². The normalized spacial score (nSPS) is 16.0. The first-order valence-corrected chi connectivity index (χ1v) is 9.74. The highest BCUT2D eigenvalue weighted by Crippen LogP contribution is 2.30. The van der Waals surface area contributed by atoms with E-state index in [1.165, 1.54) is 18.6 Å². The van der Waals surface area contributed by atoms with Crippen molar-refractivity contribution in [2.24, 2.45) is 5.92 Å². The molecule has 1 atom stereocenters. The van der Waals surface area contributed by atoms with Gasteiger partial charge in [0.1, 0.15) is 11.4 Å². The van der Waals surface area contributed by atoms with E-state index in [1.54, 1.807) is 41.6 Å². The molecule has 3 heterocycles. The van der Waals surface area contributed by atoms with Crippen molar-refractivity contribution in [3.63, 3.8) is 0 Å². The summed E-state index contributed by atoms with van der Waals surface area (Å²) in [7, 11) is 0. The minimum Gasteiger partial charge on any atom is -0.454 e. The van der Waals surface area contributed by atoms with Crippen molar-refractivity contribution in [1.82, 2.24) is 19.9 Å². The quantitative estimate of drug-likeness (QED) is 0.703. The van der Waals surface area contributed by atoms with Crippen LogP contribution in [0.25, 0.3) is 0 Å². The highest BCUT2D eigenvalue weighted by Gasteiger charge is 2.30. The van der Waals surface area contributed by atoms with E-state index in [0.717, 1.165) is 6.42 Å². The standard InChI is InChI=1S/C22H21N5O3/c28-21(16-5-4-12-27(15-16)22(29)19-14-24-10-11-25-19)26-18-7-1-2-8-20(18)30-17-6-3-9-23-13-17/h1-3,6-11,13-14,16H,4-5,12,15H2,(H,26,28)/t16-/m1/s1. The van der Waals surface area contributed by atoms with Crippen LogP contribution in [0, 0.1) is 5.92 Å². The number of benzene rings is 1. The van der Waals surface area contributed by atoms with Crippen LogP contribution >= 0.6 is 0 Å². The van der Waals surface area contributed by atoms with Crippen molar-refractivity contribution in [3.8, 4) is 11.5 Å². The number of hydrogen-bond acceptors (Lipinski definition) is 6. The summed E-state index contributed by atoms with van der Waals surface area (Å²) in [5.41, 5.74) is 0.859. The molecule has 152 valence electrons. The van der Waals surface area contributed by atoms with Gasteiger partial charge in [0, 0.05) is 31.7 Å². The molecule has 2 aromatic heterocycles. The molecule has 1 aliphatic heterocycles. The molecule has 30 heavy (non-hydrogen) atoms. The van der Waals surface area contributed by atoms with Crippen molar-refractivity contribution >= 4 is 17.5 Å². The third-order valence-corrected chi connectivity index (χ3v) is 4.87. The van der Waals surface area contributed by atoms with Crippen LogP contribution < -0.4 is 10.1 Å². The van der Waals surface area contributed by atoms with Crippen LogP contribution in [-0.2, 0) is 4.79 Å². The van der Waals surface area contributed by atoms with Crippen LogP contribution in [0.4, 0.5) is 5.69 Å². The van der Waals surface area contributed by atoms with Gasteiger partial charge in [-0.3, -0.25) is 19.6 Å². The Morgan fingerprint density at radius 3 is 2.70 bits per heavy atom. The molecule has 1 N–H and O–H groups in total. The molecule has 2 amide bonds. The highest BCUT2D eigenvalue weighted by molar-refractivity contribution is 5.96. The second-order valence-electron chi connectivity index (χ2n) is 6.96. The number of amides is 2. The number of aromatic nitrogens is 3. The van der Waals surface area contributed by atoms with Gasteiger partial charge in [-0.25, -0.2) is 4.98 Å². The molecule has 0 spiro atoms. The van der Waals surface area contributed by atoms with Gasteiger partial charge < -0.3 is 15.0 Å². The largest absolute Gasteiger partial charge is 0.454 e. The van der Waals surface area contributed by atoms with Crippen molar-refractivity contribution in [2.45, 2.75) is 12.8 Å². The number of nitrogens with zero attached hydrogens (tertiary/aromatic N) is 4. The number of carbonyl (C=O) groups excluding carboxylic acids is 2. The summed E-state index contributed by atoms with van der Waals surface area (Å²) < 4.78 is 5.86. The van der Waals surface area contributed by atoms with Crippen LogP contribution in [-0.4, -0.2) is 44.8 Å². The van der Waals surface area contributed by atoms with Gasteiger partial charge >= 0.3 is 0 Å². The van der Waals surface area contributed by atoms with Crippen LogP contribution in [0.3, 0.4) is 0 Å². The Morgan fingerprint density at radius 1 is 1.03 bits per heavy atom. The zero-order chi connectivity index (χ0) is 20.8. The molecule has 0 saturated carbocycles. The molecule has 8 heteroatoms. The van der Waals surface area contributed by atoms with Crippen molar-refractivity contribution in [3.05, 3.63) is 73.1 Å². The Labute approximate surface area is 173 Å². The summed E-state index contributed by atoms with van der Waals surface area (Å²) >= 11 is 0. The predicted octanol–water partition coefficient (Wildman–Crippen LogP) is 3.15.